The van der Waals surface area contributed by atoms with Crippen molar-refractivity contribution in [2.24, 2.45) is 0 Å². The smallest absolute Gasteiger partial charge is 0.350 e. The first kappa shape index (κ1) is 20.2. The molecule has 4 aromatic rings. The number of hydrogen-bond donors (Lipinski definition) is 1. The molecule has 4 rings (SSSR count). The number of ether oxygens (including phenoxy) is 1. The van der Waals surface area contributed by atoms with Crippen LogP contribution in [0.2, 0.25) is 0 Å². The first-order valence-electron chi connectivity index (χ1n) is 10.0. The molecular weight excluding hydrogens is 394 g/mol. The predicted molar refractivity (Wildman–Crippen MR) is 122 cm³/mol. The van der Waals surface area contributed by atoms with Crippen LogP contribution in [0, 0.1) is 20.8 Å². The molecule has 0 atom stereocenters. The average molecular weight is 420 g/mol. The Kier molecular flexibility index (Phi) is 5.59. The van der Waals surface area contributed by atoms with Gasteiger partial charge in [-0.25, -0.2) is 9.78 Å². The van der Waals surface area contributed by atoms with Gasteiger partial charge in [-0.05, 0) is 33.3 Å². The average Bonchev–Trinajstić information content (AvgIpc) is 3.24. The molecule has 2 aromatic carbocycles. The minimum absolute atomic E-state index is 0.299. The van der Waals surface area contributed by atoms with E-state index in [1.54, 1.807) is 0 Å². The van der Waals surface area contributed by atoms with Gasteiger partial charge >= 0.3 is 5.97 Å². The maximum absolute atomic E-state index is 12.4. The molecule has 0 aliphatic rings. The first-order valence-corrected chi connectivity index (χ1v) is 10.8. The second-order valence-corrected chi connectivity index (χ2v) is 8.35. The van der Waals surface area contributed by atoms with Crippen molar-refractivity contribution < 1.29 is 9.53 Å². The van der Waals surface area contributed by atoms with Crippen LogP contribution in [0.25, 0.3) is 16.2 Å². The molecule has 0 spiro atoms. The number of anilines is 1. The van der Waals surface area contributed by atoms with Gasteiger partial charge < -0.3 is 10.1 Å². The molecule has 0 aliphatic carbocycles. The molecule has 0 saturated heterocycles. The number of carbonyl (C=O) groups excluding carboxylic acids is 1. The molecule has 2 aromatic heterocycles. The Bertz CT molecular complexity index is 1210. The fourth-order valence-corrected chi connectivity index (χ4v) is 4.54. The summed E-state index contributed by atoms with van der Waals surface area (Å²) >= 11 is 1.37. The van der Waals surface area contributed by atoms with Crippen molar-refractivity contribution in [3.8, 4) is 11.3 Å². The lowest BCUT2D eigenvalue weighted by molar-refractivity contribution is 0.0531. The molecule has 0 aliphatic heterocycles. The van der Waals surface area contributed by atoms with Crippen LogP contribution in [0.4, 0.5) is 5.82 Å². The molecule has 6 heteroatoms. The molecule has 5 nitrogen and oxygen atoms in total. The lowest BCUT2D eigenvalue weighted by Gasteiger charge is -2.10. The number of benzene rings is 2. The number of esters is 1. The predicted octanol–water partition coefficient (Wildman–Crippen LogP) is 5.78. The summed E-state index contributed by atoms with van der Waals surface area (Å²) in [7, 11) is 0. The van der Waals surface area contributed by atoms with Crippen LogP contribution in [-0.2, 0) is 11.3 Å². The second kappa shape index (κ2) is 8.32. The minimum Gasteiger partial charge on any atom is -0.462 e. The van der Waals surface area contributed by atoms with E-state index in [1.165, 1.54) is 28.0 Å². The molecule has 0 unspecified atom stereocenters. The maximum atomic E-state index is 12.4. The molecule has 0 radical (unpaired) electrons. The zero-order valence-corrected chi connectivity index (χ0v) is 18.5. The number of fused-ring (bicyclic) bond motifs is 1. The molecule has 2 heterocycles. The van der Waals surface area contributed by atoms with E-state index in [0.29, 0.717) is 18.0 Å². The number of aryl methyl sites for hydroxylation is 3. The van der Waals surface area contributed by atoms with E-state index in [1.807, 2.05) is 18.2 Å². The minimum atomic E-state index is -0.299. The van der Waals surface area contributed by atoms with Crippen molar-refractivity contribution in [1.29, 1.82) is 0 Å². The van der Waals surface area contributed by atoms with Gasteiger partial charge in [0.1, 0.15) is 16.4 Å². The highest BCUT2D eigenvalue weighted by Gasteiger charge is 2.23. The largest absolute Gasteiger partial charge is 0.462 e. The Morgan fingerprint density at radius 3 is 2.57 bits per heavy atom. The summed E-state index contributed by atoms with van der Waals surface area (Å²) in [5.74, 6) is 0.590. The van der Waals surface area contributed by atoms with Gasteiger partial charge in [0.15, 0.2) is 4.96 Å². The normalized spacial score (nSPS) is 11.1. The Labute approximate surface area is 180 Å². The third kappa shape index (κ3) is 3.83. The van der Waals surface area contributed by atoms with Crippen molar-refractivity contribution in [3.05, 3.63) is 75.8 Å². The van der Waals surface area contributed by atoms with Gasteiger partial charge in [-0.15, -0.1) is 0 Å². The highest BCUT2D eigenvalue weighted by molar-refractivity contribution is 7.19. The highest BCUT2D eigenvalue weighted by Crippen LogP contribution is 2.35. The highest BCUT2D eigenvalue weighted by atomic mass is 32.1. The van der Waals surface area contributed by atoms with Gasteiger partial charge in [0.2, 0.25) is 0 Å². The standard InChI is InChI=1S/C24H25N3O2S/c1-5-29-23(28)21-17(4)27-22(25-14-18-8-6-7-16(3)13-18)20(26-24(27)30-21)19-11-9-15(2)10-12-19/h6-13,25H,5,14H2,1-4H3. The molecule has 0 fully saturated rings. The maximum Gasteiger partial charge on any atom is 0.350 e. The van der Waals surface area contributed by atoms with Crippen LogP contribution in [0.15, 0.2) is 48.5 Å². The van der Waals surface area contributed by atoms with E-state index in [2.05, 4.69) is 67.7 Å². The van der Waals surface area contributed by atoms with E-state index in [0.717, 1.165) is 27.7 Å². The molecule has 0 saturated carbocycles. The van der Waals surface area contributed by atoms with Gasteiger partial charge in [0, 0.05) is 17.8 Å². The Morgan fingerprint density at radius 2 is 1.87 bits per heavy atom. The zero-order chi connectivity index (χ0) is 21.3. The van der Waals surface area contributed by atoms with Crippen LogP contribution in [0.5, 0.6) is 0 Å². The van der Waals surface area contributed by atoms with E-state index < -0.39 is 0 Å². The van der Waals surface area contributed by atoms with Crippen LogP contribution < -0.4 is 5.32 Å². The molecule has 0 amide bonds. The van der Waals surface area contributed by atoms with Crippen molar-refractivity contribution in [2.75, 3.05) is 11.9 Å². The number of aromatic nitrogens is 2. The lowest BCUT2D eigenvalue weighted by atomic mass is 10.1. The Balaban J connectivity index is 1.80. The molecular formula is C24H25N3O2S. The number of nitrogens with zero attached hydrogens (tertiary/aromatic N) is 2. The van der Waals surface area contributed by atoms with Crippen molar-refractivity contribution in [3.63, 3.8) is 0 Å². The summed E-state index contributed by atoms with van der Waals surface area (Å²) < 4.78 is 7.26. The monoisotopic (exact) mass is 419 g/mol. The second-order valence-electron chi connectivity index (χ2n) is 7.37. The van der Waals surface area contributed by atoms with Gasteiger partial charge in [-0.3, -0.25) is 4.40 Å². The van der Waals surface area contributed by atoms with Crippen LogP contribution >= 0.6 is 11.3 Å². The Morgan fingerprint density at radius 1 is 1.10 bits per heavy atom. The molecule has 1 N–H and O–H groups in total. The number of nitrogens with one attached hydrogen (secondary N) is 1. The lowest BCUT2D eigenvalue weighted by Crippen LogP contribution is -2.07. The molecule has 0 bridgehead atoms. The SMILES string of the molecule is CCOC(=O)c1sc2nc(-c3ccc(C)cc3)c(NCc3cccc(C)c3)n2c1C. The quantitative estimate of drug-likeness (QED) is 0.403. The van der Waals surface area contributed by atoms with Crippen LogP contribution in [0.3, 0.4) is 0 Å². The third-order valence-electron chi connectivity index (χ3n) is 5.03. The fraction of sp³-hybridized carbons (Fsp3) is 0.250. The number of carbonyl (C=O) groups is 1. The summed E-state index contributed by atoms with van der Waals surface area (Å²) in [6, 6.07) is 16.8. The van der Waals surface area contributed by atoms with Crippen molar-refractivity contribution in [2.45, 2.75) is 34.2 Å². The number of rotatable bonds is 6. The van der Waals surface area contributed by atoms with Crippen molar-refractivity contribution >= 4 is 28.1 Å². The number of hydrogen-bond acceptors (Lipinski definition) is 5. The van der Waals surface area contributed by atoms with Gasteiger partial charge in [-0.2, -0.15) is 0 Å². The van der Waals surface area contributed by atoms with Crippen molar-refractivity contribution in [1.82, 2.24) is 9.38 Å². The van der Waals surface area contributed by atoms with E-state index in [-0.39, 0.29) is 5.97 Å². The topological polar surface area (TPSA) is 55.6 Å². The summed E-state index contributed by atoms with van der Waals surface area (Å²) in [6.45, 7) is 8.93. The summed E-state index contributed by atoms with van der Waals surface area (Å²) in [5.41, 5.74) is 6.38. The van der Waals surface area contributed by atoms with Crippen LogP contribution in [-0.4, -0.2) is 22.0 Å². The third-order valence-corrected chi connectivity index (χ3v) is 6.15. The van der Waals surface area contributed by atoms with Gasteiger partial charge in [0.05, 0.1) is 6.61 Å². The number of imidazole rings is 1. The van der Waals surface area contributed by atoms with E-state index in [9.17, 15) is 4.79 Å². The van der Waals surface area contributed by atoms with Crippen LogP contribution in [0.1, 0.15) is 39.0 Å². The van der Waals surface area contributed by atoms with E-state index >= 15 is 0 Å². The van der Waals surface area contributed by atoms with Gasteiger partial charge in [-0.1, -0.05) is 71.0 Å². The van der Waals surface area contributed by atoms with Gasteiger partial charge in [0.25, 0.3) is 0 Å². The zero-order valence-electron chi connectivity index (χ0n) is 17.7. The molecule has 30 heavy (non-hydrogen) atoms. The molecule has 154 valence electrons. The van der Waals surface area contributed by atoms with E-state index in [4.69, 9.17) is 9.72 Å². The summed E-state index contributed by atoms with van der Waals surface area (Å²) in [5, 5.41) is 3.57. The number of thiazole rings is 1. The summed E-state index contributed by atoms with van der Waals surface area (Å²) in [4.78, 5) is 18.6. The fourth-order valence-electron chi connectivity index (χ4n) is 3.52. The first-order chi connectivity index (χ1) is 14.5. The Hall–Kier alpha value is -3.12. The summed E-state index contributed by atoms with van der Waals surface area (Å²) in [6.07, 6.45) is 0.